The Balaban J connectivity index is 1.54. The van der Waals surface area contributed by atoms with Crippen LogP contribution >= 0.6 is 23.5 Å². The van der Waals surface area contributed by atoms with E-state index in [9.17, 15) is 13.2 Å². The van der Waals surface area contributed by atoms with Crippen LogP contribution in [0.3, 0.4) is 0 Å². The second kappa shape index (κ2) is 12.6. The highest BCUT2D eigenvalue weighted by molar-refractivity contribution is 7.98. The number of halogens is 4. The Labute approximate surface area is 244 Å². The van der Waals surface area contributed by atoms with E-state index < -0.39 is 11.7 Å². The fraction of sp³-hybridized carbons (Fsp3) is 0.133. The monoisotopic (exact) mass is 592 g/mol. The van der Waals surface area contributed by atoms with Crippen molar-refractivity contribution in [2.24, 2.45) is 20.2 Å². The highest BCUT2D eigenvalue weighted by Crippen LogP contribution is 2.33. The summed E-state index contributed by atoms with van der Waals surface area (Å²) in [5, 5.41) is 7.25. The number of pyridine rings is 1. The molecule has 1 aliphatic rings. The van der Waals surface area contributed by atoms with E-state index in [1.54, 1.807) is 29.4 Å². The molecular weight excluding hydrogens is 569 g/mol. The SMILES string of the molecule is N/C(=N\C(=N\Sc1ccc(C(F)(F)F)cc1)N1CCC(c2ccccc2)C(c2ccc(Cl)cc2)=N1)c1ccccn1. The van der Waals surface area contributed by atoms with Gasteiger partial charge in [-0.1, -0.05) is 60.1 Å². The van der Waals surface area contributed by atoms with E-state index in [1.165, 1.54) is 12.1 Å². The molecule has 1 unspecified atom stereocenters. The molecule has 4 aromatic rings. The van der Waals surface area contributed by atoms with Gasteiger partial charge >= 0.3 is 6.18 Å². The number of hydrogen-bond donors (Lipinski definition) is 1. The van der Waals surface area contributed by atoms with Crippen molar-refractivity contribution in [2.45, 2.75) is 23.4 Å². The summed E-state index contributed by atoms with van der Waals surface area (Å²) in [6.45, 7) is 0.474. The Morgan fingerprint density at radius 1 is 0.927 bits per heavy atom. The maximum atomic E-state index is 13.0. The summed E-state index contributed by atoms with van der Waals surface area (Å²) in [6, 6.07) is 27.6. The smallest absolute Gasteiger partial charge is 0.382 e. The van der Waals surface area contributed by atoms with Crippen molar-refractivity contribution in [3.05, 3.63) is 131 Å². The predicted octanol–water partition coefficient (Wildman–Crippen LogP) is 7.42. The van der Waals surface area contributed by atoms with Crippen LogP contribution in [0.15, 0.2) is 123 Å². The summed E-state index contributed by atoms with van der Waals surface area (Å²) in [6.07, 6.45) is -2.11. The first-order valence-corrected chi connectivity index (χ1v) is 13.8. The molecule has 5 rings (SSSR count). The molecule has 0 saturated heterocycles. The number of aliphatic imine (C=N–C) groups is 1. The van der Waals surface area contributed by atoms with E-state index in [2.05, 4.69) is 26.5 Å². The first-order chi connectivity index (χ1) is 19.8. The van der Waals surface area contributed by atoms with Gasteiger partial charge < -0.3 is 5.73 Å². The third kappa shape index (κ3) is 7.14. The zero-order chi connectivity index (χ0) is 28.8. The highest BCUT2D eigenvalue weighted by Gasteiger charge is 2.30. The lowest BCUT2D eigenvalue weighted by molar-refractivity contribution is -0.137. The van der Waals surface area contributed by atoms with Gasteiger partial charge in [0, 0.05) is 40.5 Å². The molecule has 0 fully saturated rings. The van der Waals surface area contributed by atoms with E-state index in [0.717, 1.165) is 40.9 Å². The zero-order valence-corrected chi connectivity index (χ0v) is 23.1. The number of hydrazone groups is 1. The van der Waals surface area contributed by atoms with Crippen molar-refractivity contribution in [1.29, 1.82) is 0 Å². The van der Waals surface area contributed by atoms with Gasteiger partial charge in [0.05, 0.1) is 11.3 Å². The molecule has 3 aromatic carbocycles. The van der Waals surface area contributed by atoms with Crippen molar-refractivity contribution in [2.75, 3.05) is 6.54 Å². The molecule has 41 heavy (non-hydrogen) atoms. The molecule has 2 heterocycles. The third-order valence-corrected chi connectivity index (χ3v) is 7.31. The molecule has 0 spiro atoms. The molecule has 1 atom stereocenters. The lowest BCUT2D eigenvalue weighted by Crippen LogP contribution is -2.36. The first kappa shape index (κ1) is 28.4. The van der Waals surface area contributed by atoms with Gasteiger partial charge in [0.25, 0.3) is 5.96 Å². The molecule has 208 valence electrons. The number of rotatable bonds is 5. The first-order valence-electron chi connectivity index (χ1n) is 12.6. The lowest BCUT2D eigenvalue weighted by Gasteiger charge is -2.30. The van der Waals surface area contributed by atoms with Crippen LogP contribution in [0.5, 0.6) is 0 Å². The van der Waals surface area contributed by atoms with Crippen LogP contribution in [-0.2, 0) is 6.18 Å². The highest BCUT2D eigenvalue weighted by atomic mass is 35.5. The van der Waals surface area contributed by atoms with Gasteiger partial charge in [-0.2, -0.15) is 27.7 Å². The molecule has 1 aromatic heterocycles. The summed E-state index contributed by atoms with van der Waals surface area (Å²) in [5.41, 5.74) is 8.85. The van der Waals surface area contributed by atoms with Crippen molar-refractivity contribution in [3.63, 3.8) is 0 Å². The zero-order valence-electron chi connectivity index (χ0n) is 21.5. The van der Waals surface area contributed by atoms with Gasteiger partial charge in [0.15, 0.2) is 5.84 Å². The van der Waals surface area contributed by atoms with Crippen molar-refractivity contribution in [1.82, 2.24) is 9.99 Å². The second-order valence-corrected chi connectivity index (χ2v) is 10.4. The molecule has 2 N–H and O–H groups in total. The summed E-state index contributed by atoms with van der Waals surface area (Å²) in [5.74, 6) is 0.330. The Bertz CT molecular complexity index is 1560. The van der Waals surface area contributed by atoms with Gasteiger partial charge in [-0.05, 0) is 66.1 Å². The molecule has 0 aliphatic carbocycles. The summed E-state index contributed by atoms with van der Waals surface area (Å²) < 4.78 is 43.7. The average Bonchev–Trinajstić information content (AvgIpc) is 3.00. The van der Waals surface area contributed by atoms with Crippen molar-refractivity contribution < 1.29 is 13.2 Å². The van der Waals surface area contributed by atoms with E-state index in [4.69, 9.17) is 22.4 Å². The molecule has 0 radical (unpaired) electrons. The molecule has 0 amide bonds. The third-order valence-electron chi connectivity index (χ3n) is 6.32. The van der Waals surface area contributed by atoms with Crippen LogP contribution in [0.4, 0.5) is 13.2 Å². The van der Waals surface area contributed by atoms with Crippen LogP contribution in [0.25, 0.3) is 0 Å². The Morgan fingerprint density at radius 2 is 1.63 bits per heavy atom. The number of aromatic nitrogens is 1. The molecule has 1 aliphatic heterocycles. The average molecular weight is 593 g/mol. The topological polar surface area (TPSA) is 79.2 Å². The number of nitrogens with two attached hydrogens (primary N) is 1. The van der Waals surface area contributed by atoms with Crippen LogP contribution in [0.1, 0.15) is 34.7 Å². The number of benzene rings is 3. The molecular formula is C30H24ClF3N6S. The lowest BCUT2D eigenvalue weighted by atomic mass is 9.86. The van der Waals surface area contributed by atoms with Crippen LogP contribution < -0.4 is 5.73 Å². The van der Waals surface area contributed by atoms with E-state index in [-0.39, 0.29) is 17.7 Å². The number of amidine groups is 1. The molecule has 11 heteroatoms. The standard InChI is InChI=1S/C30H24ClF3N6S/c31-23-13-9-21(10-14-23)27-25(20-6-2-1-3-7-20)17-19-40(38-27)29(37-28(35)26-8-4-5-18-36-26)39-41-24-15-11-22(12-16-24)30(32,33)34/h1-16,18,25H,17,19H2,(H2,35,37,39). The van der Waals surface area contributed by atoms with Gasteiger partial charge in [0.2, 0.25) is 0 Å². The van der Waals surface area contributed by atoms with Gasteiger partial charge in [-0.15, -0.1) is 0 Å². The van der Waals surface area contributed by atoms with Gasteiger partial charge in [-0.3, -0.25) is 4.98 Å². The van der Waals surface area contributed by atoms with Crippen LogP contribution in [0, 0.1) is 0 Å². The Morgan fingerprint density at radius 3 is 2.29 bits per heavy atom. The van der Waals surface area contributed by atoms with Crippen LogP contribution in [-0.4, -0.2) is 34.0 Å². The number of nitrogens with zero attached hydrogens (tertiary/aromatic N) is 5. The van der Waals surface area contributed by atoms with Crippen molar-refractivity contribution in [3.8, 4) is 0 Å². The fourth-order valence-corrected chi connectivity index (χ4v) is 4.98. The van der Waals surface area contributed by atoms with Gasteiger partial charge in [0.1, 0.15) is 5.69 Å². The minimum Gasteiger partial charge on any atom is -0.382 e. The minimum absolute atomic E-state index is 0.00885. The van der Waals surface area contributed by atoms with E-state index in [1.807, 2.05) is 42.5 Å². The van der Waals surface area contributed by atoms with E-state index in [0.29, 0.717) is 28.6 Å². The Hall–Kier alpha value is -4.15. The van der Waals surface area contributed by atoms with E-state index >= 15 is 0 Å². The molecule has 6 nitrogen and oxygen atoms in total. The number of alkyl halides is 3. The van der Waals surface area contributed by atoms with Gasteiger partial charge in [-0.25, -0.2) is 5.01 Å². The quantitative estimate of drug-likeness (QED) is 0.149. The fourth-order valence-electron chi connectivity index (χ4n) is 4.27. The second-order valence-electron chi connectivity index (χ2n) is 9.08. The normalized spacial score (nSPS) is 16.4. The maximum absolute atomic E-state index is 13.0. The van der Waals surface area contributed by atoms with Crippen molar-refractivity contribution >= 4 is 41.1 Å². The minimum atomic E-state index is -4.42. The number of guanidine groups is 1. The molecule has 0 bridgehead atoms. The number of hydrogen-bond acceptors (Lipinski definition) is 4. The Kier molecular flexibility index (Phi) is 8.70. The van der Waals surface area contributed by atoms with Crippen LogP contribution in [0.2, 0.25) is 5.02 Å². The maximum Gasteiger partial charge on any atom is 0.416 e. The largest absolute Gasteiger partial charge is 0.416 e. The predicted molar refractivity (Wildman–Crippen MR) is 158 cm³/mol. The summed E-state index contributed by atoms with van der Waals surface area (Å²) in [4.78, 5) is 9.32. The summed E-state index contributed by atoms with van der Waals surface area (Å²) in [7, 11) is 0. The summed E-state index contributed by atoms with van der Waals surface area (Å²) >= 11 is 7.14. The molecule has 0 saturated carbocycles.